The van der Waals surface area contributed by atoms with Crippen LogP contribution < -0.4 is 5.32 Å². The fourth-order valence-corrected chi connectivity index (χ4v) is 4.05. The second kappa shape index (κ2) is 6.64. The zero-order valence-electron chi connectivity index (χ0n) is 11.8. The van der Waals surface area contributed by atoms with Gasteiger partial charge in [-0.05, 0) is 58.8 Å². The second-order valence-corrected chi connectivity index (χ2v) is 6.16. The quantitative estimate of drug-likeness (QED) is 0.889. The molecular formula is C14H25N3S. The number of nitrogens with zero attached hydrogens (tertiary/aromatic N) is 2. The molecule has 2 unspecified atom stereocenters. The third-order valence-corrected chi connectivity index (χ3v) is 4.76. The van der Waals surface area contributed by atoms with Crippen LogP contribution in [-0.4, -0.2) is 36.6 Å². The van der Waals surface area contributed by atoms with Crippen molar-refractivity contribution in [2.45, 2.75) is 39.2 Å². The highest BCUT2D eigenvalue weighted by molar-refractivity contribution is 7.09. The van der Waals surface area contributed by atoms with Gasteiger partial charge in [0.25, 0.3) is 0 Å². The fraction of sp³-hybridized carbons (Fsp3) is 0.786. The van der Waals surface area contributed by atoms with Crippen LogP contribution in [0.5, 0.6) is 0 Å². The van der Waals surface area contributed by atoms with E-state index in [4.69, 9.17) is 4.98 Å². The number of nitrogens with one attached hydrogen (secondary N) is 1. The predicted octanol–water partition coefficient (Wildman–Crippen LogP) is 2.83. The van der Waals surface area contributed by atoms with Crippen molar-refractivity contribution in [2.24, 2.45) is 5.92 Å². The van der Waals surface area contributed by atoms with Crippen molar-refractivity contribution < 1.29 is 0 Å². The minimum absolute atomic E-state index is 0.532. The van der Waals surface area contributed by atoms with Gasteiger partial charge < -0.3 is 5.32 Å². The summed E-state index contributed by atoms with van der Waals surface area (Å²) in [6.07, 6.45) is 3.88. The van der Waals surface area contributed by atoms with Gasteiger partial charge in [0.05, 0.1) is 6.04 Å². The molecule has 0 aromatic carbocycles. The Hall–Kier alpha value is -0.450. The summed E-state index contributed by atoms with van der Waals surface area (Å²) in [5.74, 6) is 0.709. The molecule has 2 atom stereocenters. The molecule has 2 heterocycles. The monoisotopic (exact) mass is 267 g/mol. The summed E-state index contributed by atoms with van der Waals surface area (Å²) in [7, 11) is 2.06. The lowest BCUT2D eigenvalue weighted by Crippen LogP contribution is -2.42. The van der Waals surface area contributed by atoms with E-state index >= 15 is 0 Å². The summed E-state index contributed by atoms with van der Waals surface area (Å²) < 4.78 is 0. The number of hydrogen-bond donors (Lipinski definition) is 1. The van der Waals surface area contributed by atoms with Gasteiger partial charge >= 0.3 is 0 Å². The maximum Gasteiger partial charge on any atom is 0.110 e. The molecule has 1 fully saturated rings. The summed E-state index contributed by atoms with van der Waals surface area (Å²) in [5.41, 5.74) is 1.17. The molecular weight excluding hydrogens is 242 g/mol. The number of thiazole rings is 1. The number of aromatic nitrogens is 1. The molecule has 1 aliphatic rings. The Morgan fingerprint density at radius 2 is 2.39 bits per heavy atom. The molecule has 0 spiro atoms. The average Bonchev–Trinajstić information content (AvgIpc) is 2.77. The summed E-state index contributed by atoms with van der Waals surface area (Å²) in [6, 6.07) is 0.532. The van der Waals surface area contributed by atoms with Crippen LogP contribution >= 0.6 is 11.3 Å². The van der Waals surface area contributed by atoms with Gasteiger partial charge in [-0.3, -0.25) is 4.90 Å². The van der Waals surface area contributed by atoms with Gasteiger partial charge in [-0.1, -0.05) is 6.92 Å². The summed E-state index contributed by atoms with van der Waals surface area (Å²) >= 11 is 1.83. The molecule has 4 heteroatoms. The Balaban J connectivity index is 2.20. The van der Waals surface area contributed by atoms with Crippen LogP contribution in [0.2, 0.25) is 0 Å². The number of likely N-dealkylation sites (tertiary alicyclic amines) is 1. The van der Waals surface area contributed by atoms with Crippen molar-refractivity contribution in [3.05, 3.63) is 16.1 Å². The third kappa shape index (κ3) is 3.11. The van der Waals surface area contributed by atoms with E-state index in [2.05, 4.69) is 36.5 Å². The van der Waals surface area contributed by atoms with Crippen molar-refractivity contribution >= 4 is 11.3 Å². The Morgan fingerprint density at radius 1 is 1.56 bits per heavy atom. The first kappa shape index (κ1) is 14.0. The first-order valence-corrected chi connectivity index (χ1v) is 7.95. The van der Waals surface area contributed by atoms with Crippen molar-refractivity contribution in [3.8, 4) is 0 Å². The van der Waals surface area contributed by atoms with Gasteiger partial charge in [-0.2, -0.15) is 0 Å². The lowest BCUT2D eigenvalue weighted by Gasteiger charge is -2.40. The van der Waals surface area contributed by atoms with Crippen LogP contribution in [0.4, 0.5) is 0 Å². The number of piperidine rings is 1. The highest BCUT2D eigenvalue weighted by Gasteiger charge is 2.33. The van der Waals surface area contributed by atoms with E-state index in [1.807, 2.05) is 11.3 Å². The number of rotatable bonds is 5. The molecule has 0 saturated carbocycles. The molecule has 0 amide bonds. The van der Waals surface area contributed by atoms with E-state index in [-0.39, 0.29) is 0 Å². The minimum Gasteiger partial charge on any atom is -0.319 e. The molecule has 0 radical (unpaired) electrons. The molecule has 1 aromatic heterocycles. The smallest absolute Gasteiger partial charge is 0.110 e. The van der Waals surface area contributed by atoms with Crippen molar-refractivity contribution in [2.75, 3.05) is 26.7 Å². The molecule has 1 saturated heterocycles. The molecule has 1 aliphatic heterocycles. The van der Waals surface area contributed by atoms with Crippen LogP contribution in [0.15, 0.2) is 5.38 Å². The van der Waals surface area contributed by atoms with Gasteiger partial charge in [-0.15, -0.1) is 11.3 Å². The predicted molar refractivity (Wildman–Crippen MR) is 78.1 cm³/mol. The maximum atomic E-state index is 4.75. The fourth-order valence-electron chi connectivity index (χ4n) is 3.03. The van der Waals surface area contributed by atoms with Gasteiger partial charge in [-0.25, -0.2) is 4.98 Å². The first-order chi connectivity index (χ1) is 8.76. The summed E-state index contributed by atoms with van der Waals surface area (Å²) in [4.78, 5) is 7.39. The van der Waals surface area contributed by atoms with Crippen molar-refractivity contribution in [1.29, 1.82) is 0 Å². The van der Waals surface area contributed by atoms with Gasteiger partial charge in [0.15, 0.2) is 0 Å². The first-order valence-electron chi connectivity index (χ1n) is 7.07. The Bertz CT molecular complexity index is 346. The van der Waals surface area contributed by atoms with Crippen LogP contribution in [0, 0.1) is 12.8 Å². The van der Waals surface area contributed by atoms with E-state index in [0.29, 0.717) is 12.0 Å². The van der Waals surface area contributed by atoms with Gasteiger partial charge in [0.1, 0.15) is 5.01 Å². The van der Waals surface area contributed by atoms with Gasteiger partial charge in [0.2, 0.25) is 0 Å². The van der Waals surface area contributed by atoms with E-state index in [9.17, 15) is 0 Å². The lowest BCUT2D eigenvalue weighted by atomic mass is 9.89. The van der Waals surface area contributed by atoms with E-state index in [1.54, 1.807) is 0 Å². The lowest BCUT2D eigenvalue weighted by molar-refractivity contribution is 0.0921. The second-order valence-electron chi connectivity index (χ2n) is 5.27. The normalized spacial score (nSPS) is 25.5. The standard InChI is InChI=1S/C14H25N3S/c1-4-7-17-8-5-6-12(9-15-3)13(17)14-16-11(2)10-18-14/h10,12-13,15H,4-9H2,1-3H3. The Labute approximate surface area is 115 Å². The topological polar surface area (TPSA) is 28.2 Å². The van der Waals surface area contributed by atoms with E-state index in [1.165, 1.54) is 43.1 Å². The highest BCUT2D eigenvalue weighted by Crippen LogP contribution is 2.37. The van der Waals surface area contributed by atoms with E-state index in [0.717, 1.165) is 6.54 Å². The van der Waals surface area contributed by atoms with Crippen LogP contribution in [0.25, 0.3) is 0 Å². The van der Waals surface area contributed by atoms with E-state index < -0.39 is 0 Å². The summed E-state index contributed by atoms with van der Waals surface area (Å²) in [5, 5.41) is 6.86. The van der Waals surface area contributed by atoms with Gasteiger partial charge in [0, 0.05) is 11.1 Å². The minimum atomic E-state index is 0.532. The number of hydrogen-bond acceptors (Lipinski definition) is 4. The number of aryl methyl sites for hydroxylation is 1. The van der Waals surface area contributed by atoms with Crippen LogP contribution in [0.1, 0.15) is 42.9 Å². The molecule has 0 bridgehead atoms. The maximum absolute atomic E-state index is 4.75. The van der Waals surface area contributed by atoms with Crippen molar-refractivity contribution in [3.63, 3.8) is 0 Å². The molecule has 2 rings (SSSR count). The zero-order chi connectivity index (χ0) is 13.0. The molecule has 18 heavy (non-hydrogen) atoms. The highest BCUT2D eigenvalue weighted by atomic mass is 32.1. The zero-order valence-corrected chi connectivity index (χ0v) is 12.6. The third-order valence-electron chi connectivity index (χ3n) is 3.73. The summed E-state index contributed by atoms with van der Waals surface area (Å²) in [6.45, 7) is 7.90. The molecule has 1 aromatic rings. The average molecular weight is 267 g/mol. The molecule has 1 N–H and O–H groups in total. The SMILES string of the molecule is CCCN1CCCC(CNC)C1c1nc(C)cs1. The molecule has 102 valence electrons. The van der Waals surface area contributed by atoms with Crippen LogP contribution in [0.3, 0.4) is 0 Å². The van der Waals surface area contributed by atoms with Crippen LogP contribution in [-0.2, 0) is 0 Å². The Kier molecular flexibility index (Phi) is 5.15. The van der Waals surface area contributed by atoms with Crippen molar-refractivity contribution in [1.82, 2.24) is 15.2 Å². The largest absolute Gasteiger partial charge is 0.319 e. The molecule has 3 nitrogen and oxygen atoms in total. The Morgan fingerprint density at radius 3 is 3.00 bits per heavy atom. The molecule has 0 aliphatic carbocycles.